The standard InChI is InChI=1S/C22H25N5O/c28-22-12-7-17-26(22)16-6-11-21-24-19(14-13-18-8-2-1-3-9-18)25-27(21)20-10-4-5-15-23-20/h1-5,8-10,15H,6-7,11-14,16-17H2. The van der Waals surface area contributed by atoms with Crippen LogP contribution in [0.1, 0.15) is 36.5 Å². The van der Waals surface area contributed by atoms with Crippen LogP contribution >= 0.6 is 0 Å². The van der Waals surface area contributed by atoms with Gasteiger partial charge in [-0.2, -0.15) is 4.68 Å². The fraction of sp³-hybridized carbons (Fsp3) is 0.364. The highest BCUT2D eigenvalue weighted by atomic mass is 16.2. The summed E-state index contributed by atoms with van der Waals surface area (Å²) < 4.78 is 1.85. The summed E-state index contributed by atoms with van der Waals surface area (Å²) in [6.07, 6.45) is 6.80. The summed E-state index contributed by atoms with van der Waals surface area (Å²) >= 11 is 0. The number of benzene rings is 1. The Balaban J connectivity index is 1.46. The number of carbonyl (C=O) groups is 1. The van der Waals surface area contributed by atoms with Gasteiger partial charge in [-0.1, -0.05) is 36.4 Å². The molecule has 3 heterocycles. The quantitative estimate of drug-likeness (QED) is 0.607. The first kappa shape index (κ1) is 18.3. The Morgan fingerprint density at radius 3 is 2.57 bits per heavy atom. The highest BCUT2D eigenvalue weighted by molar-refractivity contribution is 5.77. The first-order chi connectivity index (χ1) is 13.8. The first-order valence-electron chi connectivity index (χ1n) is 9.97. The molecule has 0 saturated carbocycles. The van der Waals surface area contributed by atoms with E-state index in [1.165, 1.54) is 5.56 Å². The van der Waals surface area contributed by atoms with Crippen molar-refractivity contribution >= 4 is 5.91 Å². The van der Waals surface area contributed by atoms with Gasteiger partial charge in [0.15, 0.2) is 11.6 Å². The molecule has 0 radical (unpaired) electrons. The van der Waals surface area contributed by atoms with Crippen molar-refractivity contribution in [1.82, 2.24) is 24.6 Å². The number of pyridine rings is 1. The van der Waals surface area contributed by atoms with Gasteiger partial charge in [-0.15, -0.1) is 5.10 Å². The van der Waals surface area contributed by atoms with Crippen molar-refractivity contribution in [3.8, 4) is 5.82 Å². The van der Waals surface area contributed by atoms with Gasteiger partial charge in [0.25, 0.3) is 0 Å². The topological polar surface area (TPSA) is 63.9 Å². The fourth-order valence-corrected chi connectivity index (χ4v) is 3.59. The van der Waals surface area contributed by atoms with Crippen molar-refractivity contribution in [2.75, 3.05) is 13.1 Å². The van der Waals surface area contributed by atoms with Gasteiger partial charge in [-0.3, -0.25) is 4.79 Å². The summed E-state index contributed by atoms with van der Waals surface area (Å²) in [5, 5.41) is 4.72. The Kier molecular flexibility index (Phi) is 5.75. The summed E-state index contributed by atoms with van der Waals surface area (Å²) in [6, 6.07) is 16.2. The van der Waals surface area contributed by atoms with Crippen LogP contribution in [0.15, 0.2) is 54.7 Å². The highest BCUT2D eigenvalue weighted by Gasteiger charge is 2.20. The smallest absolute Gasteiger partial charge is 0.222 e. The summed E-state index contributed by atoms with van der Waals surface area (Å²) in [6.45, 7) is 1.67. The van der Waals surface area contributed by atoms with Crippen LogP contribution in [-0.4, -0.2) is 43.6 Å². The summed E-state index contributed by atoms with van der Waals surface area (Å²) in [5.41, 5.74) is 1.28. The molecule has 0 unspecified atom stereocenters. The van der Waals surface area contributed by atoms with Crippen molar-refractivity contribution in [3.05, 3.63) is 71.9 Å². The zero-order chi connectivity index (χ0) is 19.2. The Morgan fingerprint density at radius 1 is 0.964 bits per heavy atom. The number of hydrogen-bond donors (Lipinski definition) is 0. The van der Waals surface area contributed by atoms with E-state index in [1.54, 1.807) is 6.20 Å². The maximum absolute atomic E-state index is 11.8. The van der Waals surface area contributed by atoms with Gasteiger partial charge in [-0.25, -0.2) is 9.97 Å². The van der Waals surface area contributed by atoms with Crippen LogP contribution in [0.5, 0.6) is 0 Å². The molecule has 6 nitrogen and oxygen atoms in total. The third kappa shape index (κ3) is 4.44. The average molecular weight is 375 g/mol. The number of rotatable bonds is 8. The minimum atomic E-state index is 0.273. The van der Waals surface area contributed by atoms with E-state index in [2.05, 4.69) is 29.2 Å². The number of hydrogen-bond acceptors (Lipinski definition) is 4. The van der Waals surface area contributed by atoms with E-state index in [1.807, 2.05) is 33.8 Å². The number of likely N-dealkylation sites (tertiary alicyclic amines) is 1. The molecule has 1 amide bonds. The molecule has 0 N–H and O–H groups in total. The van der Waals surface area contributed by atoms with Crippen LogP contribution in [0, 0.1) is 0 Å². The largest absolute Gasteiger partial charge is 0.343 e. The Morgan fingerprint density at radius 2 is 1.82 bits per heavy atom. The summed E-state index contributed by atoms with van der Waals surface area (Å²) in [7, 11) is 0. The predicted molar refractivity (Wildman–Crippen MR) is 107 cm³/mol. The maximum Gasteiger partial charge on any atom is 0.222 e. The third-order valence-electron chi connectivity index (χ3n) is 5.06. The molecule has 4 rings (SSSR count). The molecular formula is C22H25N5O. The molecule has 1 aliphatic rings. The zero-order valence-corrected chi connectivity index (χ0v) is 16.0. The van der Waals surface area contributed by atoms with E-state index in [0.29, 0.717) is 6.42 Å². The monoisotopic (exact) mass is 375 g/mol. The van der Waals surface area contributed by atoms with Crippen LogP contribution in [-0.2, 0) is 24.1 Å². The number of carbonyl (C=O) groups excluding carboxylic acids is 1. The fourth-order valence-electron chi connectivity index (χ4n) is 3.59. The molecule has 6 heteroatoms. The second-order valence-electron chi connectivity index (χ2n) is 7.12. The lowest BCUT2D eigenvalue weighted by atomic mass is 10.1. The van der Waals surface area contributed by atoms with Gasteiger partial charge in [0, 0.05) is 38.5 Å². The normalized spacial score (nSPS) is 14.0. The van der Waals surface area contributed by atoms with Crippen LogP contribution in [0.4, 0.5) is 0 Å². The van der Waals surface area contributed by atoms with Gasteiger partial charge in [0.2, 0.25) is 5.91 Å². The van der Waals surface area contributed by atoms with Crippen LogP contribution in [0.25, 0.3) is 5.82 Å². The minimum Gasteiger partial charge on any atom is -0.343 e. The number of aryl methyl sites for hydroxylation is 3. The van der Waals surface area contributed by atoms with Crippen molar-refractivity contribution in [3.63, 3.8) is 0 Å². The predicted octanol–water partition coefficient (Wildman–Crippen LogP) is 3.00. The molecule has 0 atom stereocenters. The first-order valence-corrected chi connectivity index (χ1v) is 9.97. The van der Waals surface area contributed by atoms with Crippen molar-refractivity contribution in [1.29, 1.82) is 0 Å². The Bertz CT molecular complexity index is 907. The lowest BCUT2D eigenvalue weighted by Crippen LogP contribution is -2.26. The van der Waals surface area contributed by atoms with Crippen LogP contribution < -0.4 is 0 Å². The molecule has 0 spiro atoms. The number of amides is 1. The van der Waals surface area contributed by atoms with Gasteiger partial charge < -0.3 is 4.90 Å². The van der Waals surface area contributed by atoms with E-state index < -0.39 is 0 Å². The van der Waals surface area contributed by atoms with Crippen LogP contribution in [0.3, 0.4) is 0 Å². The van der Waals surface area contributed by atoms with Gasteiger partial charge in [0.05, 0.1) is 0 Å². The van der Waals surface area contributed by atoms with Crippen molar-refractivity contribution < 1.29 is 4.79 Å². The van der Waals surface area contributed by atoms with E-state index in [0.717, 1.165) is 62.7 Å². The van der Waals surface area contributed by atoms with Crippen molar-refractivity contribution in [2.24, 2.45) is 0 Å². The van der Waals surface area contributed by atoms with Gasteiger partial charge in [-0.05, 0) is 37.0 Å². The molecule has 28 heavy (non-hydrogen) atoms. The summed E-state index contributed by atoms with van der Waals surface area (Å²) in [4.78, 5) is 23.0. The van der Waals surface area contributed by atoms with E-state index in [4.69, 9.17) is 10.1 Å². The maximum atomic E-state index is 11.8. The lowest BCUT2D eigenvalue weighted by molar-refractivity contribution is -0.127. The summed E-state index contributed by atoms with van der Waals surface area (Å²) in [5.74, 6) is 2.80. The molecule has 144 valence electrons. The number of aromatic nitrogens is 4. The second kappa shape index (κ2) is 8.78. The Hall–Kier alpha value is -3.02. The van der Waals surface area contributed by atoms with E-state index >= 15 is 0 Å². The molecular weight excluding hydrogens is 350 g/mol. The molecule has 2 aromatic heterocycles. The molecule has 0 bridgehead atoms. The van der Waals surface area contributed by atoms with Gasteiger partial charge >= 0.3 is 0 Å². The molecule has 1 fully saturated rings. The molecule has 1 aliphatic heterocycles. The van der Waals surface area contributed by atoms with Gasteiger partial charge in [0.1, 0.15) is 5.82 Å². The Labute approximate surface area is 165 Å². The van der Waals surface area contributed by atoms with Crippen molar-refractivity contribution in [2.45, 2.75) is 38.5 Å². The molecule has 0 aliphatic carbocycles. The SMILES string of the molecule is O=C1CCCN1CCCc1nc(CCc2ccccc2)nn1-c1ccccn1. The highest BCUT2D eigenvalue weighted by Crippen LogP contribution is 2.14. The van der Waals surface area contributed by atoms with E-state index in [-0.39, 0.29) is 5.91 Å². The minimum absolute atomic E-state index is 0.273. The van der Waals surface area contributed by atoms with E-state index in [9.17, 15) is 4.79 Å². The number of nitrogens with zero attached hydrogens (tertiary/aromatic N) is 5. The second-order valence-corrected chi connectivity index (χ2v) is 7.12. The third-order valence-corrected chi connectivity index (χ3v) is 5.06. The lowest BCUT2D eigenvalue weighted by Gasteiger charge is -2.14. The zero-order valence-electron chi connectivity index (χ0n) is 16.0. The molecule has 1 aromatic carbocycles. The average Bonchev–Trinajstić information content (AvgIpc) is 3.34. The van der Waals surface area contributed by atoms with Crippen LogP contribution in [0.2, 0.25) is 0 Å². The molecule has 3 aromatic rings. The molecule has 1 saturated heterocycles.